The zero-order valence-corrected chi connectivity index (χ0v) is 8.97. The van der Waals surface area contributed by atoms with Crippen molar-refractivity contribution in [1.29, 1.82) is 0 Å². The van der Waals surface area contributed by atoms with E-state index in [4.69, 9.17) is 0 Å². The third kappa shape index (κ3) is 5.59. The van der Waals surface area contributed by atoms with E-state index in [1.165, 1.54) is 18.7 Å². The molecule has 0 aromatic rings. The molecule has 0 aromatic carbocycles. The number of hydrogen-bond donors (Lipinski definition) is 0. The third-order valence-corrected chi connectivity index (χ3v) is 2.93. The van der Waals surface area contributed by atoms with Gasteiger partial charge in [0.05, 0.1) is 5.75 Å². The summed E-state index contributed by atoms with van der Waals surface area (Å²) in [5.74, 6) is -0.0827. The van der Waals surface area contributed by atoms with E-state index in [1.807, 2.05) is 0 Å². The van der Waals surface area contributed by atoms with Crippen LogP contribution in [-0.2, 0) is 14.8 Å². The van der Waals surface area contributed by atoms with Gasteiger partial charge < -0.3 is 4.90 Å². The lowest BCUT2D eigenvalue weighted by Gasteiger charge is -2.13. The highest BCUT2D eigenvalue weighted by Gasteiger charge is 2.08. The SMILES string of the molecule is CCS(=O)(=O)[N]CCN(C)C(C)=O. The monoisotopic (exact) mass is 207 g/mol. The molecule has 0 atom stereocenters. The highest BCUT2D eigenvalue weighted by Crippen LogP contribution is 1.87. The van der Waals surface area contributed by atoms with Gasteiger partial charge in [0.2, 0.25) is 15.9 Å². The summed E-state index contributed by atoms with van der Waals surface area (Å²) < 4.78 is 25.2. The molecular formula is C7H15N2O3S. The van der Waals surface area contributed by atoms with Gasteiger partial charge in [-0.2, -0.15) is 0 Å². The Morgan fingerprint density at radius 2 is 2.00 bits per heavy atom. The summed E-state index contributed by atoms with van der Waals surface area (Å²) in [6.45, 7) is 3.45. The van der Waals surface area contributed by atoms with Crippen molar-refractivity contribution in [3.05, 3.63) is 0 Å². The second-order valence-corrected chi connectivity index (χ2v) is 4.66. The standard InChI is InChI=1S/C7H15N2O3S/c1-4-13(11,12)8-5-6-9(3)7(2)10/h4-6H2,1-3H3. The predicted molar refractivity (Wildman–Crippen MR) is 49.8 cm³/mol. The minimum Gasteiger partial charge on any atom is -0.345 e. The first-order valence-corrected chi connectivity index (χ1v) is 5.63. The summed E-state index contributed by atoms with van der Waals surface area (Å²) in [6, 6.07) is 0. The molecule has 0 fully saturated rings. The predicted octanol–water partition coefficient (Wildman–Crippen LogP) is -0.581. The van der Waals surface area contributed by atoms with E-state index in [0.717, 1.165) is 0 Å². The van der Waals surface area contributed by atoms with Gasteiger partial charge in [0, 0.05) is 27.1 Å². The van der Waals surface area contributed by atoms with E-state index in [2.05, 4.69) is 4.72 Å². The number of rotatable bonds is 5. The van der Waals surface area contributed by atoms with Crippen molar-refractivity contribution in [2.45, 2.75) is 13.8 Å². The summed E-state index contributed by atoms with van der Waals surface area (Å²) in [4.78, 5) is 12.1. The first kappa shape index (κ1) is 12.4. The molecule has 13 heavy (non-hydrogen) atoms. The van der Waals surface area contributed by atoms with Gasteiger partial charge in [-0.05, 0) is 6.92 Å². The van der Waals surface area contributed by atoms with E-state index >= 15 is 0 Å². The van der Waals surface area contributed by atoms with E-state index in [0.29, 0.717) is 6.54 Å². The largest absolute Gasteiger partial charge is 0.345 e. The molecule has 0 N–H and O–H groups in total. The number of sulfonamides is 1. The van der Waals surface area contributed by atoms with Crippen LogP contribution in [0.4, 0.5) is 0 Å². The quantitative estimate of drug-likeness (QED) is 0.605. The van der Waals surface area contributed by atoms with E-state index in [1.54, 1.807) is 7.05 Å². The van der Waals surface area contributed by atoms with Crippen molar-refractivity contribution in [2.24, 2.45) is 0 Å². The smallest absolute Gasteiger partial charge is 0.227 e. The van der Waals surface area contributed by atoms with Gasteiger partial charge in [-0.25, -0.2) is 8.42 Å². The molecule has 0 spiro atoms. The maximum Gasteiger partial charge on any atom is 0.227 e. The van der Waals surface area contributed by atoms with Crippen LogP contribution in [0.3, 0.4) is 0 Å². The Labute approximate surface area is 79.2 Å². The van der Waals surface area contributed by atoms with Crippen LogP contribution in [0.25, 0.3) is 0 Å². The molecular weight excluding hydrogens is 192 g/mol. The van der Waals surface area contributed by atoms with E-state index in [-0.39, 0.29) is 18.2 Å². The van der Waals surface area contributed by atoms with Crippen molar-refractivity contribution < 1.29 is 13.2 Å². The van der Waals surface area contributed by atoms with Crippen LogP contribution >= 0.6 is 0 Å². The van der Waals surface area contributed by atoms with E-state index in [9.17, 15) is 13.2 Å². The molecule has 0 rings (SSSR count). The summed E-state index contributed by atoms with van der Waals surface area (Å²) in [7, 11) is -1.65. The Morgan fingerprint density at radius 3 is 2.38 bits per heavy atom. The van der Waals surface area contributed by atoms with Crippen LogP contribution < -0.4 is 4.72 Å². The average molecular weight is 207 g/mol. The van der Waals surface area contributed by atoms with Crippen molar-refractivity contribution >= 4 is 15.9 Å². The fourth-order valence-electron chi connectivity index (χ4n) is 0.579. The normalized spacial score (nSPS) is 11.3. The molecule has 0 saturated heterocycles. The van der Waals surface area contributed by atoms with Gasteiger partial charge in [0.1, 0.15) is 0 Å². The molecule has 77 valence electrons. The zero-order valence-electron chi connectivity index (χ0n) is 8.15. The lowest BCUT2D eigenvalue weighted by atomic mass is 10.5. The molecule has 0 aromatic heterocycles. The zero-order chi connectivity index (χ0) is 10.5. The summed E-state index contributed by atoms with van der Waals surface area (Å²) >= 11 is 0. The van der Waals surface area contributed by atoms with Crippen LogP contribution in [0.1, 0.15) is 13.8 Å². The Hall–Kier alpha value is -0.620. The second kappa shape index (κ2) is 5.18. The van der Waals surface area contributed by atoms with Crippen LogP contribution in [-0.4, -0.2) is 45.1 Å². The summed E-state index contributed by atoms with van der Waals surface area (Å²) in [5.41, 5.74) is 0. The number of likely N-dealkylation sites (N-methyl/N-ethyl adjacent to an activating group) is 1. The van der Waals surface area contributed by atoms with E-state index < -0.39 is 10.0 Å². The number of hydrogen-bond acceptors (Lipinski definition) is 3. The van der Waals surface area contributed by atoms with Crippen molar-refractivity contribution in [3.8, 4) is 0 Å². The molecule has 0 aliphatic carbocycles. The molecule has 1 radical (unpaired) electrons. The Morgan fingerprint density at radius 1 is 1.46 bits per heavy atom. The topological polar surface area (TPSA) is 68.6 Å². The van der Waals surface area contributed by atoms with Crippen LogP contribution in [0, 0.1) is 0 Å². The second-order valence-electron chi connectivity index (χ2n) is 2.66. The van der Waals surface area contributed by atoms with Gasteiger partial charge in [-0.15, -0.1) is 4.72 Å². The molecule has 1 amide bonds. The number of amides is 1. The molecule has 6 heteroatoms. The Kier molecular flexibility index (Phi) is 4.94. The van der Waals surface area contributed by atoms with Gasteiger partial charge >= 0.3 is 0 Å². The van der Waals surface area contributed by atoms with Crippen LogP contribution in [0.2, 0.25) is 0 Å². The van der Waals surface area contributed by atoms with Crippen molar-refractivity contribution in [3.63, 3.8) is 0 Å². The lowest BCUT2D eigenvalue weighted by molar-refractivity contribution is -0.127. The van der Waals surface area contributed by atoms with Gasteiger partial charge in [0.25, 0.3) is 0 Å². The fraction of sp³-hybridized carbons (Fsp3) is 0.857. The Balaban J connectivity index is 3.75. The average Bonchev–Trinajstić information content (AvgIpc) is 2.04. The molecule has 0 bridgehead atoms. The van der Waals surface area contributed by atoms with Gasteiger partial charge in [-0.3, -0.25) is 4.79 Å². The third-order valence-electron chi connectivity index (χ3n) is 1.63. The van der Waals surface area contributed by atoms with Crippen LogP contribution in [0.15, 0.2) is 0 Å². The molecule has 5 nitrogen and oxygen atoms in total. The summed E-state index contributed by atoms with van der Waals surface area (Å²) in [6.07, 6.45) is 0. The van der Waals surface area contributed by atoms with Gasteiger partial charge in [0.15, 0.2) is 0 Å². The molecule has 0 saturated carbocycles. The minimum absolute atomic E-state index is 0.0107. The number of carbonyl (C=O) groups is 1. The molecule has 0 unspecified atom stereocenters. The number of carbonyl (C=O) groups excluding carboxylic acids is 1. The van der Waals surface area contributed by atoms with Crippen molar-refractivity contribution in [2.75, 3.05) is 25.9 Å². The maximum atomic E-state index is 10.9. The summed E-state index contributed by atoms with van der Waals surface area (Å²) in [5, 5.41) is 0. The van der Waals surface area contributed by atoms with Crippen LogP contribution in [0.5, 0.6) is 0 Å². The first-order valence-electron chi connectivity index (χ1n) is 4.02. The highest BCUT2D eigenvalue weighted by atomic mass is 32.2. The molecule has 0 aliphatic rings. The molecule has 0 heterocycles. The molecule has 0 aliphatic heterocycles. The maximum absolute atomic E-state index is 10.9. The fourth-order valence-corrected chi connectivity index (χ4v) is 1.12. The lowest BCUT2D eigenvalue weighted by Crippen LogP contribution is -2.32. The van der Waals surface area contributed by atoms with Gasteiger partial charge in [-0.1, -0.05) is 0 Å². The number of nitrogens with zero attached hydrogens (tertiary/aromatic N) is 2. The first-order chi connectivity index (χ1) is 5.89. The van der Waals surface area contributed by atoms with Crippen molar-refractivity contribution in [1.82, 2.24) is 9.62 Å². The highest BCUT2D eigenvalue weighted by molar-refractivity contribution is 7.89. The minimum atomic E-state index is -3.25. The Bertz CT molecular complexity index is 261.